The van der Waals surface area contributed by atoms with E-state index in [0.29, 0.717) is 4.53 Å². The van der Waals surface area contributed by atoms with E-state index in [1.807, 2.05) is 22.8 Å². The van der Waals surface area contributed by atoms with Gasteiger partial charge in [0.2, 0.25) is 0 Å². The lowest BCUT2D eigenvalue weighted by Crippen LogP contribution is -2.38. The smallest absolute Gasteiger partial charge is 0.271 e. The molecule has 7 heteroatoms. The molecule has 1 aliphatic heterocycles. The van der Waals surface area contributed by atoms with Crippen LogP contribution in [0.3, 0.4) is 0 Å². The summed E-state index contributed by atoms with van der Waals surface area (Å²) in [6.07, 6.45) is 3.87. The summed E-state index contributed by atoms with van der Waals surface area (Å²) in [5, 5.41) is 0. The first-order valence-corrected chi connectivity index (χ1v) is 15.6. The van der Waals surface area contributed by atoms with Crippen LogP contribution in [-0.4, -0.2) is 9.13 Å². The van der Waals surface area contributed by atoms with Crippen molar-refractivity contribution in [1.82, 2.24) is 9.13 Å². The second-order valence-electron chi connectivity index (χ2n) is 10.3. The second kappa shape index (κ2) is 9.98. The third-order valence-electron chi connectivity index (χ3n) is 7.90. The Morgan fingerprint density at radius 2 is 1.62 bits per heavy atom. The predicted molar refractivity (Wildman–Crippen MR) is 170 cm³/mol. The monoisotopic (exact) mass is 669 g/mol. The molecule has 4 nitrogen and oxygen atoms in total. The third-order valence-corrected chi connectivity index (χ3v) is 9.94. The van der Waals surface area contributed by atoms with E-state index in [-0.39, 0.29) is 11.6 Å². The fraction of sp³-hybridized carbons (Fsp3) is 0.152. The molecule has 0 unspecified atom stereocenters. The Morgan fingerprint density at radius 3 is 2.38 bits per heavy atom. The van der Waals surface area contributed by atoms with E-state index in [0.717, 1.165) is 60.5 Å². The van der Waals surface area contributed by atoms with Crippen LogP contribution in [0, 0.1) is 13.8 Å². The van der Waals surface area contributed by atoms with Gasteiger partial charge in [-0.15, -0.1) is 0 Å². The Kier molecular flexibility index (Phi) is 6.41. The molecule has 0 bridgehead atoms. The fourth-order valence-electron chi connectivity index (χ4n) is 6.03. The van der Waals surface area contributed by atoms with Gasteiger partial charge in [0, 0.05) is 31.6 Å². The van der Waals surface area contributed by atoms with Crippen LogP contribution < -0.4 is 14.9 Å². The number of allylic oxidation sites excluding steroid dienone is 1. The van der Waals surface area contributed by atoms with Gasteiger partial charge in [-0.3, -0.25) is 9.36 Å². The van der Waals surface area contributed by atoms with E-state index in [1.54, 1.807) is 0 Å². The minimum Gasteiger partial charge on any atom is -0.318 e. The highest BCUT2D eigenvalue weighted by Crippen LogP contribution is 2.41. The summed E-state index contributed by atoms with van der Waals surface area (Å²) in [6.45, 7) is 4.21. The Bertz CT molecular complexity index is 2010. The van der Waals surface area contributed by atoms with Gasteiger partial charge in [0.15, 0.2) is 4.80 Å². The molecule has 3 aromatic carbocycles. The quantitative estimate of drug-likeness (QED) is 0.199. The first-order chi connectivity index (χ1) is 19.4. The molecule has 3 heterocycles. The van der Waals surface area contributed by atoms with Gasteiger partial charge >= 0.3 is 0 Å². The predicted octanol–water partition coefficient (Wildman–Crippen LogP) is 7.25. The first-order valence-electron chi connectivity index (χ1n) is 13.2. The molecule has 0 spiro atoms. The summed E-state index contributed by atoms with van der Waals surface area (Å²) in [4.78, 5) is 20.0. The molecule has 0 saturated carbocycles. The van der Waals surface area contributed by atoms with Gasteiger partial charge in [-0.05, 0) is 97.5 Å². The summed E-state index contributed by atoms with van der Waals surface area (Å²) in [7, 11) is 0. The second-order valence-corrected chi connectivity index (χ2v) is 13.1. The summed E-state index contributed by atoms with van der Waals surface area (Å²) < 4.78 is 6.92. The third kappa shape index (κ3) is 4.23. The average molecular weight is 671 g/mol. The largest absolute Gasteiger partial charge is 0.318 e. The molecule has 0 amide bonds. The molecular formula is C33H25Br2N3OS. The van der Waals surface area contributed by atoms with Crippen molar-refractivity contribution in [2.45, 2.75) is 32.7 Å². The van der Waals surface area contributed by atoms with Crippen LogP contribution in [0.5, 0.6) is 0 Å². The highest BCUT2D eigenvalue weighted by Gasteiger charge is 2.32. The Morgan fingerprint density at radius 1 is 0.925 bits per heavy atom. The molecule has 0 N–H and O–H groups in total. The maximum Gasteiger partial charge on any atom is 0.271 e. The van der Waals surface area contributed by atoms with Crippen molar-refractivity contribution in [2.24, 2.45) is 4.99 Å². The van der Waals surface area contributed by atoms with Crippen LogP contribution >= 0.6 is 43.2 Å². The molecule has 5 aromatic rings. The number of fused-ring (bicyclic) bond motifs is 3. The summed E-state index contributed by atoms with van der Waals surface area (Å²) in [5.74, 6) is 0. The van der Waals surface area contributed by atoms with Crippen LogP contribution in [0.4, 0.5) is 0 Å². The van der Waals surface area contributed by atoms with E-state index in [4.69, 9.17) is 4.99 Å². The summed E-state index contributed by atoms with van der Waals surface area (Å²) in [6, 6.07) is 27.2. The summed E-state index contributed by atoms with van der Waals surface area (Å²) >= 11 is 8.59. The number of rotatable bonds is 3. The number of hydrogen-bond acceptors (Lipinski definition) is 3. The normalized spacial score (nSPS) is 16.4. The van der Waals surface area contributed by atoms with Crippen molar-refractivity contribution in [3.05, 3.63) is 147 Å². The molecule has 2 aliphatic rings. The van der Waals surface area contributed by atoms with Gasteiger partial charge in [0.05, 0.1) is 16.3 Å². The minimum absolute atomic E-state index is 0.00974. The standard InChI is InChI=1S/C33H25Br2N3OS/c1-19-17-23(20(2)37(19)26-14-12-25(35)13-15-26)18-29-32(39)38-31(22-7-10-24(34)11-8-22)28-16-9-21-5-3-4-6-27(21)30(28)36-33(38)40-29/h3-8,10-15,17-18,31H,9,16H2,1-2H3/b29-18+/t31-/m0/s1. The molecule has 198 valence electrons. The van der Waals surface area contributed by atoms with Gasteiger partial charge in [-0.25, -0.2) is 4.99 Å². The number of benzene rings is 3. The van der Waals surface area contributed by atoms with E-state index < -0.39 is 0 Å². The first kappa shape index (κ1) is 25.7. The number of nitrogens with zero attached hydrogens (tertiary/aromatic N) is 3. The van der Waals surface area contributed by atoms with Gasteiger partial charge in [0.1, 0.15) is 0 Å². The van der Waals surface area contributed by atoms with Crippen LogP contribution in [-0.2, 0) is 6.42 Å². The van der Waals surface area contributed by atoms with Crippen LogP contribution in [0.1, 0.15) is 46.1 Å². The fourth-order valence-corrected chi connectivity index (χ4v) is 7.55. The van der Waals surface area contributed by atoms with Crippen molar-refractivity contribution in [3.63, 3.8) is 0 Å². The number of halogens is 2. The van der Waals surface area contributed by atoms with E-state index in [9.17, 15) is 4.79 Å². The molecule has 40 heavy (non-hydrogen) atoms. The van der Waals surface area contributed by atoms with Gasteiger partial charge in [-0.2, -0.15) is 0 Å². The number of hydrogen-bond donors (Lipinski definition) is 0. The zero-order chi connectivity index (χ0) is 27.5. The molecule has 0 radical (unpaired) electrons. The lowest BCUT2D eigenvalue weighted by molar-refractivity contribution is 0.585. The number of aromatic nitrogens is 2. The minimum atomic E-state index is -0.176. The molecule has 1 atom stereocenters. The molecular weight excluding hydrogens is 646 g/mol. The average Bonchev–Trinajstić information content (AvgIpc) is 3.42. The van der Waals surface area contributed by atoms with Crippen molar-refractivity contribution < 1.29 is 0 Å². The molecule has 0 fully saturated rings. The Labute approximate surface area is 252 Å². The lowest BCUT2D eigenvalue weighted by atomic mass is 9.83. The zero-order valence-electron chi connectivity index (χ0n) is 22.0. The van der Waals surface area contributed by atoms with Crippen molar-refractivity contribution in [3.8, 4) is 5.69 Å². The van der Waals surface area contributed by atoms with Crippen LogP contribution in [0.2, 0.25) is 0 Å². The van der Waals surface area contributed by atoms with Crippen LogP contribution in [0.15, 0.2) is 103 Å². The van der Waals surface area contributed by atoms with Crippen molar-refractivity contribution in [2.75, 3.05) is 0 Å². The van der Waals surface area contributed by atoms with E-state index in [1.165, 1.54) is 28.0 Å². The maximum atomic E-state index is 14.1. The lowest BCUT2D eigenvalue weighted by Gasteiger charge is -2.30. The van der Waals surface area contributed by atoms with Gasteiger partial charge in [0.25, 0.3) is 5.56 Å². The van der Waals surface area contributed by atoms with E-state index in [2.05, 4.69) is 117 Å². The number of thiazole rings is 1. The zero-order valence-corrected chi connectivity index (χ0v) is 26.0. The highest BCUT2D eigenvalue weighted by molar-refractivity contribution is 9.10. The van der Waals surface area contributed by atoms with Crippen molar-refractivity contribution in [1.29, 1.82) is 0 Å². The molecule has 0 saturated heterocycles. The van der Waals surface area contributed by atoms with Crippen molar-refractivity contribution >= 4 is 55.0 Å². The van der Waals surface area contributed by atoms with Gasteiger partial charge < -0.3 is 4.57 Å². The number of aryl methyl sites for hydroxylation is 2. The van der Waals surface area contributed by atoms with E-state index >= 15 is 0 Å². The topological polar surface area (TPSA) is 39.3 Å². The molecule has 1 aliphatic carbocycles. The van der Waals surface area contributed by atoms with Gasteiger partial charge in [-0.1, -0.05) is 79.6 Å². The molecule has 7 rings (SSSR count). The molecule has 2 aromatic heterocycles. The van der Waals surface area contributed by atoms with Crippen LogP contribution in [0.25, 0.3) is 17.5 Å². The summed E-state index contributed by atoms with van der Waals surface area (Å²) in [5.41, 5.74) is 10.2. The Hall–Kier alpha value is -3.26. The maximum absolute atomic E-state index is 14.1. The SMILES string of the molecule is Cc1cc(/C=c2/sc3n(c2=O)[C@@H](c2ccc(Br)cc2)C2=C(N=3)c3ccccc3CC2)c(C)n1-c1ccc(Br)cc1. The Balaban J connectivity index is 1.43. The highest BCUT2D eigenvalue weighted by atomic mass is 79.9.